The fraction of sp³-hybridized carbons (Fsp3) is 0.692. The first-order valence-electron chi connectivity index (χ1n) is 6.39. The second-order valence-corrected chi connectivity index (χ2v) is 4.91. The largest absolute Gasteiger partial charge is 0.361 e. The number of hydrogen-bond acceptors (Lipinski definition) is 3. The first kappa shape index (κ1) is 12.1. The Morgan fingerprint density at radius 2 is 2.41 bits per heavy atom. The van der Waals surface area contributed by atoms with Crippen LogP contribution in [-0.4, -0.2) is 22.5 Å². The maximum atomic E-state index is 11.8. The lowest BCUT2D eigenvalue weighted by Gasteiger charge is -2.22. The molecule has 94 valence electrons. The third-order valence-electron chi connectivity index (χ3n) is 3.33. The zero-order valence-electron chi connectivity index (χ0n) is 10.8. The van der Waals surface area contributed by atoms with Crippen LogP contribution < -0.4 is 0 Å². The monoisotopic (exact) mass is 236 g/mol. The smallest absolute Gasteiger partial charge is 0.222 e. The predicted molar refractivity (Wildman–Crippen MR) is 64.6 cm³/mol. The van der Waals surface area contributed by atoms with Crippen molar-refractivity contribution in [3.63, 3.8) is 0 Å². The van der Waals surface area contributed by atoms with Gasteiger partial charge in [-0.1, -0.05) is 25.9 Å². The van der Waals surface area contributed by atoms with Crippen molar-refractivity contribution in [1.82, 2.24) is 10.1 Å². The first-order chi connectivity index (χ1) is 8.13. The van der Waals surface area contributed by atoms with E-state index in [4.69, 9.17) is 4.52 Å². The van der Waals surface area contributed by atoms with Gasteiger partial charge in [-0.15, -0.1) is 0 Å². The fourth-order valence-electron chi connectivity index (χ4n) is 2.31. The Hall–Kier alpha value is -1.32. The number of carbonyl (C=O) groups is 1. The van der Waals surface area contributed by atoms with E-state index in [0.29, 0.717) is 12.3 Å². The zero-order chi connectivity index (χ0) is 12.4. The topological polar surface area (TPSA) is 46.3 Å². The van der Waals surface area contributed by atoms with E-state index < -0.39 is 0 Å². The highest BCUT2D eigenvalue weighted by molar-refractivity contribution is 5.76. The molecule has 1 amide bonds. The molecule has 4 heteroatoms. The minimum atomic E-state index is 0.124. The van der Waals surface area contributed by atoms with Crippen molar-refractivity contribution >= 4 is 5.91 Å². The number of rotatable bonds is 3. The summed E-state index contributed by atoms with van der Waals surface area (Å²) in [5.74, 6) is 1.45. The Labute approximate surface area is 102 Å². The van der Waals surface area contributed by atoms with Gasteiger partial charge in [-0.3, -0.25) is 4.79 Å². The van der Waals surface area contributed by atoms with Gasteiger partial charge in [0.25, 0.3) is 0 Å². The highest BCUT2D eigenvalue weighted by Gasteiger charge is 2.31. The zero-order valence-corrected chi connectivity index (χ0v) is 10.8. The van der Waals surface area contributed by atoms with Gasteiger partial charge in [0.15, 0.2) is 0 Å². The SMILES string of the molecule is CCC(=O)N1CCCC1c1cc(C(C)C)on1. The van der Waals surface area contributed by atoms with Crippen LogP contribution in [0.5, 0.6) is 0 Å². The summed E-state index contributed by atoms with van der Waals surface area (Å²) in [4.78, 5) is 13.7. The van der Waals surface area contributed by atoms with Crippen molar-refractivity contribution < 1.29 is 9.32 Å². The van der Waals surface area contributed by atoms with Crippen molar-refractivity contribution in [3.05, 3.63) is 17.5 Å². The van der Waals surface area contributed by atoms with E-state index in [1.165, 1.54) is 0 Å². The van der Waals surface area contributed by atoms with E-state index in [2.05, 4.69) is 19.0 Å². The second-order valence-electron chi connectivity index (χ2n) is 4.91. The van der Waals surface area contributed by atoms with Gasteiger partial charge in [0.2, 0.25) is 5.91 Å². The van der Waals surface area contributed by atoms with Crippen LogP contribution in [0, 0.1) is 0 Å². The average molecular weight is 236 g/mol. The predicted octanol–water partition coefficient (Wildman–Crippen LogP) is 2.87. The van der Waals surface area contributed by atoms with Gasteiger partial charge in [0.05, 0.1) is 6.04 Å². The average Bonchev–Trinajstić information content (AvgIpc) is 2.95. The maximum absolute atomic E-state index is 11.8. The third kappa shape index (κ3) is 2.35. The Bertz CT molecular complexity index is 398. The summed E-state index contributed by atoms with van der Waals surface area (Å²) < 4.78 is 5.31. The molecule has 0 spiro atoms. The molecule has 2 rings (SSSR count). The van der Waals surface area contributed by atoms with Crippen molar-refractivity contribution in [3.8, 4) is 0 Å². The molecule has 1 fully saturated rings. The van der Waals surface area contributed by atoms with E-state index in [1.54, 1.807) is 0 Å². The lowest BCUT2D eigenvalue weighted by atomic mass is 10.1. The minimum Gasteiger partial charge on any atom is -0.361 e. The lowest BCUT2D eigenvalue weighted by Crippen LogP contribution is -2.29. The van der Waals surface area contributed by atoms with Crippen LogP contribution in [0.25, 0.3) is 0 Å². The quantitative estimate of drug-likeness (QED) is 0.810. The van der Waals surface area contributed by atoms with E-state index >= 15 is 0 Å². The highest BCUT2D eigenvalue weighted by Crippen LogP contribution is 2.32. The molecule has 0 saturated carbocycles. The summed E-state index contributed by atoms with van der Waals surface area (Å²) >= 11 is 0. The van der Waals surface area contributed by atoms with Crippen molar-refractivity contribution in [1.29, 1.82) is 0 Å². The van der Waals surface area contributed by atoms with Crippen molar-refractivity contribution in [2.45, 2.75) is 52.0 Å². The molecule has 0 aliphatic carbocycles. The van der Waals surface area contributed by atoms with Crippen molar-refractivity contribution in [2.75, 3.05) is 6.54 Å². The summed E-state index contributed by atoms with van der Waals surface area (Å²) in [5.41, 5.74) is 0.910. The van der Waals surface area contributed by atoms with Gasteiger partial charge in [-0.2, -0.15) is 0 Å². The van der Waals surface area contributed by atoms with Gasteiger partial charge in [0, 0.05) is 24.9 Å². The van der Waals surface area contributed by atoms with E-state index in [1.807, 2.05) is 17.9 Å². The molecule has 1 aromatic rings. The Morgan fingerprint density at radius 1 is 1.65 bits per heavy atom. The van der Waals surface area contributed by atoms with E-state index in [-0.39, 0.29) is 11.9 Å². The highest BCUT2D eigenvalue weighted by atomic mass is 16.5. The van der Waals surface area contributed by atoms with Gasteiger partial charge in [-0.05, 0) is 12.8 Å². The standard InChI is InChI=1S/C13H20N2O2/c1-4-13(16)15-7-5-6-11(15)10-8-12(9(2)3)17-14-10/h8-9,11H,4-7H2,1-3H3. The molecule has 1 aliphatic heterocycles. The molecular weight excluding hydrogens is 216 g/mol. The molecule has 4 nitrogen and oxygen atoms in total. The van der Waals surface area contributed by atoms with Crippen LogP contribution in [-0.2, 0) is 4.79 Å². The first-order valence-corrected chi connectivity index (χ1v) is 6.39. The number of likely N-dealkylation sites (tertiary alicyclic amines) is 1. The summed E-state index contributed by atoms with van der Waals surface area (Å²) in [6.45, 7) is 6.91. The van der Waals surface area contributed by atoms with Crippen molar-refractivity contribution in [2.24, 2.45) is 0 Å². The van der Waals surface area contributed by atoms with Gasteiger partial charge in [0.1, 0.15) is 11.5 Å². The Balaban J connectivity index is 2.17. The van der Waals surface area contributed by atoms with E-state index in [0.717, 1.165) is 30.8 Å². The van der Waals surface area contributed by atoms with Gasteiger partial charge >= 0.3 is 0 Å². The lowest BCUT2D eigenvalue weighted by molar-refractivity contribution is -0.131. The molecule has 0 radical (unpaired) electrons. The maximum Gasteiger partial charge on any atom is 0.222 e. The minimum absolute atomic E-state index is 0.124. The van der Waals surface area contributed by atoms with Gasteiger partial charge in [-0.25, -0.2) is 0 Å². The summed E-state index contributed by atoms with van der Waals surface area (Å²) in [7, 11) is 0. The number of aromatic nitrogens is 1. The normalized spacial score (nSPS) is 20.2. The molecule has 1 unspecified atom stereocenters. The molecule has 0 bridgehead atoms. The van der Waals surface area contributed by atoms with Crippen LogP contribution in [0.15, 0.2) is 10.6 Å². The summed E-state index contributed by atoms with van der Waals surface area (Å²) in [5, 5.41) is 4.12. The van der Waals surface area contributed by atoms with Crippen LogP contribution in [0.4, 0.5) is 0 Å². The molecule has 17 heavy (non-hydrogen) atoms. The summed E-state index contributed by atoms with van der Waals surface area (Å²) in [6.07, 6.45) is 2.61. The molecule has 1 atom stereocenters. The van der Waals surface area contributed by atoms with Gasteiger partial charge < -0.3 is 9.42 Å². The molecule has 0 N–H and O–H groups in total. The van der Waals surface area contributed by atoms with Crippen LogP contribution >= 0.6 is 0 Å². The molecule has 1 aromatic heterocycles. The Morgan fingerprint density at radius 3 is 3.00 bits per heavy atom. The van der Waals surface area contributed by atoms with E-state index in [9.17, 15) is 4.79 Å². The second kappa shape index (κ2) is 4.90. The van der Waals surface area contributed by atoms with Crippen LogP contribution in [0.1, 0.15) is 63.4 Å². The molecular formula is C13H20N2O2. The van der Waals surface area contributed by atoms with Crippen LogP contribution in [0.2, 0.25) is 0 Å². The molecule has 1 aliphatic rings. The molecule has 1 saturated heterocycles. The molecule has 0 aromatic carbocycles. The Kier molecular flexibility index (Phi) is 3.50. The third-order valence-corrected chi connectivity index (χ3v) is 3.33. The number of amides is 1. The number of carbonyl (C=O) groups excluding carboxylic acids is 1. The fourth-order valence-corrected chi connectivity index (χ4v) is 2.31. The number of hydrogen-bond donors (Lipinski definition) is 0. The summed E-state index contributed by atoms with van der Waals surface area (Å²) in [6, 6.07) is 2.12. The molecule has 2 heterocycles. The number of nitrogens with zero attached hydrogens (tertiary/aromatic N) is 2. The van der Waals surface area contributed by atoms with Crippen LogP contribution in [0.3, 0.4) is 0 Å².